The van der Waals surface area contributed by atoms with Gasteiger partial charge in [0.15, 0.2) is 10.4 Å². The van der Waals surface area contributed by atoms with E-state index in [0.717, 1.165) is 37.2 Å². The van der Waals surface area contributed by atoms with Crippen molar-refractivity contribution in [1.82, 2.24) is 14.5 Å². The molecule has 1 unspecified atom stereocenters. The number of hydrogen-bond acceptors (Lipinski definition) is 3. The number of ether oxygens (including phenoxy) is 1. The molecule has 1 aliphatic rings. The Kier molecular flexibility index (Phi) is 3.86. The van der Waals surface area contributed by atoms with E-state index in [4.69, 9.17) is 28.6 Å². The molecule has 2 aromatic rings. The van der Waals surface area contributed by atoms with E-state index in [1.54, 1.807) is 6.20 Å². The van der Waals surface area contributed by atoms with Crippen LogP contribution in [0, 0.1) is 4.77 Å². The minimum Gasteiger partial charge on any atom is -0.378 e. The number of imidazole rings is 1. The van der Waals surface area contributed by atoms with Crippen LogP contribution in [0.2, 0.25) is 5.02 Å². The summed E-state index contributed by atoms with van der Waals surface area (Å²) in [4.78, 5) is 7.50. The number of fused-ring (bicyclic) bond motifs is 1. The number of nitrogens with zero attached hydrogens (tertiary/aromatic N) is 2. The summed E-state index contributed by atoms with van der Waals surface area (Å²) in [6.45, 7) is 1.72. The maximum atomic E-state index is 5.93. The van der Waals surface area contributed by atoms with Gasteiger partial charge < -0.3 is 14.3 Å². The normalized spacial score (nSPS) is 19.9. The number of nitrogens with one attached hydrogen (secondary N) is 1. The molecule has 1 N–H and O–H groups in total. The number of rotatable bonds is 3. The zero-order valence-electron chi connectivity index (χ0n) is 10.6. The van der Waals surface area contributed by atoms with Crippen LogP contribution in [0.25, 0.3) is 11.2 Å². The highest BCUT2D eigenvalue weighted by Crippen LogP contribution is 2.20. The Balaban J connectivity index is 1.80. The van der Waals surface area contributed by atoms with Crippen LogP contribution in [-0.2, 0) is 11.3 Å². The highest BCUT2D eigenvalue weighted by Gasteiger charge is 2.15. The molecule has 0 spiro atoms. The fraction of sp³-hybridized carbons (Fsp3) is 0.538. The number of aromatic amines is 1. The van der Waals surface area contributed by atoms with E-state index in [-0.39, 0.29) is 0 Å². The van der Waals surface area contributed by atoms with Crippen LogP contribution >= 0.6 is 23.8 Å². The van der Waals surface area contributed by atoms with Gasteiger partial charge in [-0.15, -0.1) is 0 Å². The zero-order valence-corrected chi connectivity index (χ0v) is 12.1. The van der Waals surface area contributed by atoms with Crippen molar-refractivity contribution in [3.8, 4) is 0 Å². The maximum absolute atomic E-state index is 5.93. The molecule has 4 nitrogen and oxygen atoms in total. The summed E-state index contributed by atoms with van der Waals surface area (Å²) in [6.07, 6.45) is 6.58. The topological polar surface area (TPSA) is 42.8 Å². The number of halogens is 1. The first kappa shape index (κ1) is 13.1. The second kappa shape index (κ2) is 5.61. The summed E-state index contributed by atoms with van der Waals surface area (Å²) in [5.41, 5.74) is 1.76. The summed E-state index contributed by atoms with van der Waals surface area (Å²) in [5, 5.41) is 0.617. The lowest BCUT2D eigenvalue weighted by Gasteiger charge is -2.22. The average Bonchev–Trinajstić information content (AvgIpc) is 2.72. The second-order valence-corrected chi connectivity index (χ2v) is 5.71. The van der Waals surface area contributed by atoms with E-state index in [0.29, 0.717) is 15.9 Å². The predicted molar refractivity (Wildman–Crippen MR) is 78.1 cm³/mol. The van der Waals surface area contributed by atoms with Crippen LogP contribution in [0.4, 0.5) is 0 Å². The van der Waals surface area contributed by atoms with E-state index in [1.807, 2.05) is 10.6 Å². The SMILES string of the molecule is S=c1[nH]c2cc(Cl)cnc2n1CCC1CCCCO1. The Labute approximate surface area is 121 Å². The van der Waals surface area contributed by atoms with Crippen LogP contribution in [0.15, 0.2) is 12.3 Å². The minimum atomic E-state index is 0.355. The molecule has 19 heavy (non-hydrogen) atoms. The monoisotopic (exact) mass is 297 g/mol. The van der Waals surface area contributed by atoms with Crippen LogP contribution in [0.3, 0.4) is 0 Å². The molecule has 1 aliphatic heterocycles. The Hall–Kier alpha value is -0.910. The third-order valence-electron chi connectivity index (χ3n) is 3.52. The lowest BCUT2D eigenvalue weighted by Crippen LogP contribution is -2.20. The highest BCUT2D eigenvalue weighted by molar-refractivity contribution is 7.71. The van der Waals surface area contributed by atoms with Gasteiger partial charge in [-0.2, -0.15) is 0 Å². The molecule has 1 fully saturated rings. The molecule has 0 aromatic carbocycles. The van der Waals surface area contributed by atoms with E-state index < -0.39 is 0 Å². The maximum Gasteiger partial charge on any atom is 0.179 e. The van der Waals surface area contributed by atoms with Crippen molar-refractivity contribution in [2.45, 2.75) is 38.3 Å². The fourth-order valence-corrected chi connectivity index (χ4v) is 2.98. The van der Waals surface area contributed by atoms with Gasteiger partial charge in [0, 0.05) is 19.3 Å². The minimum absolute atomic E-state index is 0.355. The van der Waals surface area contributed by atoms with Crippen LogP contribution < -0.4 is 0 Å². The molecule has 0 aliphatic carbocycles. The molecule has 3 rings (SSSR count). The first-order chi connectivity index (χ1) is 9.24. The van der Waals surface area contributed by atoms with Gasteiger partial charge in [0.2, 0.25) is 0 Å². The molecule has 6 heteroatoms. The van der Waals surface area contributed by atoms with Gasteiger partial charge in [-0.05, 0) is 44.0 Å². The van der Waals surface area contributed by atoms with Crippen molar-refractivity contribution in [2.75, 3.05) is 6.61 Å². The van der Waals surface area contributed by atoms with E-state index in [1.165, 1.54) is 12.8 Å². The summed E-state index contributed by atoms with van der Waals surface area (Å²) in [5.74, 6) is 0. The molecule has 3 heterocycles. The first-order valence-electron chi connectivity index (χ1n) is 6.60. The zero-order chi connectivity index (χ0) is 13.2. The van der Waals surface area contributed by atoms with Crippen molar-refractivity contribution in [3.63, 3.8) is 0 Å². The molecule has 0 radical (unpaired) electrons. The van der Waals surface area contributed by atoms with Crippen molar-refractivity contribution < 1.29 is 4.74 Å². The van der Waals surface area contributed by atoms with Crippen molar-refractivity contribution >= 4 is 35.0 Å². The van der Waals surface area contributed by atoms with Crippen molar-refractivity contribution in [3.05, 3.63) is 22.1 Å². The highest BCUT2D eigenvalue weighted by atomic mass is 35.5. The smallest absolute Gasteiger partial charge is 0.179 e. The summed E-state index contributed by atoms with van der Waals surface area (Å²) in [6, 6.07) is 1.85. The molecule has 0 saturated carbocycles. The molecule has 2 aromatic heterocycles. The molecular weight excluding hydrogens is 282 g/mol. The van der Waals surface area contributed by atoms with Gasteiger partial charge in [-0.1, -0.05) is 11.6 Å². The largest absolute Gasteiger partial charge is 0.378 e. The Morgan fingerprint density at radius 3 is 3.21 bits per heavy atom. The first-order valence-corrected chi connectivity index (χ1v) is 7.38. The number of aromatic nitrogens is 3. The third kappa shape index (κ3) is 2.83. The van der Waals surface area contributed by atoms with Gasteiger partial charge in [0.1, 0.15) is 0 Å². The predicted octanol–water partition coefficient (Wildman–Crippen LogP) is 3.71. The standard InChI is InChI=1S/C13H16ClN3OS/c14-9-7-11-12(15-8-9)17(13(19)16-11)5-4-10-3-1-2-6-18-10/h7-8,10H,1-6H2,(H,16,19). The van der Waals surface area contributed by atoms with Gasteiger partial charge in [0.05, 0.1) is 16.6 Å². The number of pyridine rings is 1. The van der Waals surface area contributed by atoms with Crippen molar-refractivity contribution in [1.29, 1.82) is 0 Å². The van der Waals surface area contributed by atoms with Crippen molar-refractivity contribution in [2.24, 2.45) is 0 Å². The number of H-pyrrole nitrogens is 1. The second-order valence-electron chi connectivity index (χ2n) is 4.88. The van der Waals surface area contributed by atoms with Crippen LogP contribution in [-0.4, -0.2) is 27.2 Å². The molecule has 102 valence electrons. The quantitative estimate of drug-likeness (QED) is 0.878. The average molecular weight is 298 g/mol. The number of aryl methyl sites for hydroxylation is 1. The van der Waals surface area contributed by atoms with Gasteiger partial charge >= 0.3 is 0 Å². The lowest BCUT2D eigenvalue weighted by atomic mass is 10.1. The Bertz CT molecular complexity index is 630. The van der Waals surface area contributed by atoms with Crippen LogP contribution in [0.5, 0.6) is 0 Å². The van der Waals surface area contributed by atoms with Crippen LogP contribution in [0.1, 0.15) is 25.7 Å². The Morgan fingerprint density at radius 2 is 2.42 bits per heavy atom. The van der Waals surface area contributed by atoms with Gasteiger partial charge in [-0.3, -0.25) is 0 Å². The fourth-order valence-electron chi connectivity index (χ4n) is 2.53. The van der Waals surface area contributed by atoms with E-state index >= 15 is 0 Å². The number of hydrogen-bond donors (Lipinski definition) is 1. The van der Waals surface area contributed by atoms with Gasteiger partial charge in [0.25, 0.3) is 0 Å². The molecule has 0 amide bonds. The Morgan fingerprint density at radius 1 is 1.53 bits per heavy atom. The molecule has 1 saturated heterocycles. The van der Waals surface area contributed by atoms with E-state index in [2.05, 4.69) is 9.97 Å². The summed E-state index contributed by atoms with van der Waals surface area (Å²) in [7, 11) is 0. The van der Waals surface area contributed by atoms with E-state index in [9.17, 15) is 0 Å². The van der Waals surface area contributed by atoms with Gasteiger partial charge in [-0.25, -0.2) is 4.98 Å². The summed E-state index contributed by atoms with van der Waals surface area (Å²) >= 11 is 11.3. The summed E-state index contributed by atoms with van der Waals surface area (Å²) < 4.78 is 8.47. The molecule has 0 bridgehead atoms. The lowest BCUT2D eigenvalue weighted by molar-refractivity contribution is 0.00890. The molecule has 1 atom stereocenters. The molecular formula is C13H16ClN3OS. The third-order valence-corrected chi connectivity index (χ3v) is 4.05.